The summed E-state index contributed by atoms with van der Waals surface area (Å²) in [6.07, 6.45) is 0.559. The predicted octanol–water partition coefficient (Wildman–Crippen LogP) is 5.42. The molecule has 28 heavy (non-hydrogen) atoms. The molecule has 0 aliphatic rings. The number of nitrogens with zero attached hydrogens (tertiary/aromatic N) is 2. The van der Waals surface area contributed by atoms with Crippen molar-refractivity contribution in [3.8, 4) is 5.75 Å². The van der Waals surface area contributed by atoms with E-state index in [9.17, 15) is 13.6 Å². The average molecular weight is 442 g/mol. The van der Waals surface area contributed by atoms with Crippen LogP contribution in [0.15, 0.2) is 51.1 Å². The summed E-state index contributed by atoms with van der Waals surface area (Å²) in [6, 6.07) is 8.28. The Hall–Kier alpha value is -2.23. The third-order valence-electron chi connectivity index (χ3n) is 3.45. The van der Waals surface area contributed by atoms with Crippen LogP contribution in [0.1, 0.15) is 12.8 Å². The number of anilines is 1. The van der Waals surface area contributed by atoms with Crippen LogP contribution in [0.4, 0.5) is 14.5 Å². The van der Waals surface area contributed by atoms with Gasteiger partial charge in [-0.2, -0.15) is 0 Å². The molecule has 1 heterocycles. The van der Waals surface area contributed by atoms with E-state index in [-0.39, 0.29) is 24.7 Å². The lowest BCUT2D eigenvalue weighted by Gasteiger charge is -2.09. The fourth-order valence-corrected chi connectivity index (χ4v) is 3.93. The van der Waals surface area contributed by atoms with E-state index in [1.807, 2.05) is 0 Å². The van der Waals surface area contributed by atoms with Gasteiger partial charge in [0.05, 0.1) is 11.6 Å². The first-order valence-corrected chi connectivity index (χ1v) is 10.2. The maximum Gasteiger partial charge on any atom is 0.224 e. The van der Waals surface area contributed by atoms with Gasteiger partial charge in [0.1, 0.15) is 11.3 Å². The van der Waals surface area contributed by atoms with Crippen molar-refractivity contribution in [2.24, 2.45) is 0 Å². The number of carbonyl (C=O) groups excluding carboxylic acids is 1. The van der Waals surface area contributed by atoms with Crippen molar-refractivity contribution in [3.63, 3.8) is 0 Å². The first-order chi connectivity index (χ1) is 13.5. The highest BCUT2D eigenvalue weighted by atomic mass is 35.5. The van der Waals surface area contributed by atoms with Gasteiger partial charge in [0, 0.05) is 23.1 Å². The minimum absolute atomic E-state index is 0.0443. The van der Waals surface area contributed by atoms with Crippen LogP contribution in [0.5, 0.6) is 5.75 Å². The Morgan fingerprint density at radius 2 is 2.11 bits per heavy atom. The SMILES string of the molecule is O=C(CCCOc1ccc(F)cc1F)Nc1ccc(Sc2nncs2)c(Cl)c1. The van der Waals surface area contributed by atoms with Crippen LogP contribution < -0.4 is 10.1 Å². The van der Waals surface area contributed by atoms with E-state index in [2.05, 4.69) is 15.5 Å². The molecule has 1 N–H and O–H groups in total. The zero-order valence-electron chi connectivity index (χ0n) is 14.3. The lowest BCUT2D eigenvalue weighted by atomic mass is 10.2. The number of ether oxygens (including phenoxy) is 1. The number of aromatic nitrogens is 2. The van der Waals surface area contributed by atoms with Gasteiger partial charge in [-0.1, -0.05) is 34.7 Å². The van der Waals surface area contributed by atoms with Crippen molar-refractivity contribution < 1.29 is 18.3 Å². The standard InChI is InChI=1S/C18H14ClF2N3O2S2/c19-13-9-12(4-6-16(13)28-18-24-22-10-27-18)23-17(25)2-1-7-26-15-5-3-11(20)8-14(15)21/h3-6,8-10H,1-2,7H2,(H,23,25). The number of rotatable bonds is 8. The molecule has 1 aromatic heterocycles. The minimum Gasteiger partial charge on any atom is -0.491 e. The zero-order chi connectivity index (χ0) is 19.9. The second kappa shape index (κ2) is 9.81. The number of nitrogens with one attached hydrogen (secondary N) is 1. The molecule has 146 valence electrons. The normalized spacial score (nSPS) is 10.7. The van der Waals surface area contributed by atoms with Gasteiger partial charge in [-0.25, -0.2) is 8.78 Å². The molecule has 0 saturated carbocycles. The molecule has 2 aromatic carbocycles. The van der Waals surface area contributed by atoms with Gasteiger partial charge in [-0.3, -0.25) is 4.79 Å². The smallest absolute Gasteiger partial charge is 0.224 e. The molecular formula is C18H14ClF2N3O2S2. The van der Waals surface area contributed by atoms with Gasteiger partial charge in [-0.15, -0.1) is 10.2 Å². The fourth-order valence-electron chi connectivity index (χ4n) is 2.19. The Labute approximate surface area is 173 Å². The first kappa shape index (κ1) is 20.5. The maximum absolute atomic E-state index is 13.4. The molecule has 0 saturated heterocycles. The monoisotopic (exact) mass is 441 g/mol. The van der Waals surface area contributed by atoms with Gasteiger partial charge >= 0.3 is 0 Å². The molecule has 0 radical (unpaired) electrons. The van der Waals surface area contributed by atoms with E-state index in [1.165, 1.54) is 29.2 Å². The third-order valence-corrected chi connectivity index (χ3v) is 5.73. The summed E-state index contributed by atoms with van der Waals surface area (Å²) in [5, 5.41) is 11.0. The van der Waals surface area contributed by atoms with E-state index in [4.69, 9.17) is 16.3 Å². The van der Waals surface area contributed by atoms with E-state index in [0.29, 0.717) is 17.1 Å². The predicted molar refractivity (Wildman–Crippen MR) is 105 cm³/mol. The molecular weight excluding hydrogens is 428 g/mol. The molecule has 5 nitrogen and oxygen atoms in total. The minimum atomic E-state index is -0.773. The number of hydrogen-bond acceptors (Lipinski definition) is 6. The van der Waals surface area contributed by atoms with Gasteiger partial charge in [0.15, 0.2) is 15.9 Å². The summed E-state index contributed by atoms with van der Waals surface area (Å²) in [4.78, 5) is 12.8. The summed E-state index contributed by atoms with van der Waals surface area (Å²) in [5.74, 6) is -1.71. The Morgan fingerprint density at radius 1 is 1.25 bits per heavy atom. The van der Waals surface area contributed by atoms with Crippen LogP contribution in [0.25, 0.3) is 0 Å². The molecule has 0 unspecified atom stereocenters. The molecule has 10 heteroatoms. The average Bonchev–Trinajstić information content (AvgIpc) is 3.16. The summed E-state index contributed by atoms with van der Waals surface area (Å²) in [7, 11) is 0. The van der Waals surface area contributed by atoms with Crippen LogP contribution in [0, 0.1) is 11.6 Å². The topological polar surface area (TPSA) is 64.1 Å². The molecule has 1 amide bonds. The largest absolute Gasteiger partial charge is 0.491 e. The second-order valence-corrected chi connectivity index (χ2v) is 8.06. The lowest BCUT2D eigenvalue weighted by molar-refractivity contribution is -0.116. The summed E-state index contributed by atoms with van der Waals surface area (Å²) < 4.78 is 32.3. The zero-order valence-corrected chi connectivity index (χ0v) is 16.7. The Kier molecular flexibility index (Phi) is 7.18. The van der Waals surface area contributed by atoms with Gasteiger partial charge < -0.3 is 10.1 Å². The molecule has 0 bridgehead atoms. The van der Waals surface area contributed by atoms with E-state index < -0.39 is 11.6 Å². The van der Waals surface area contributed by atoms with Gasteiger partial charge in [0.25, 0.3) is 0 Å². The van der Waals surface area contributed by atoms with Crippen LogP contribution in [0.2, 0.25) is 5.02 Å². The van der Waals surface area contributed by atoms with E-state index >= 15 is 0 Å². The molecule has 3 aromatic rings. The van der Waals surface area contributed by atoms with Crippen molar-refractivity contribution in [2.75, 3.05) is 11.9 Å². The number of benzene rings is 2. The van der Waals surface area contributed by atoms with Crippen molar-refractivity contribution in [1.82, 2.24) is 10.2 Å². The fraction of sp³-hybridized carbons (Fsp3) is 0.167. The molecule has 0 atom stereocenters. The van der Waals surface area contributed by atoms with Crippen molar-refractivity contribution in [1.29, 1.82) is 0 Å². The van der Waals surface area contributed by atoms with Crippen LogP contribution in [-0.2, 0) is 4.79 Å². The van der Waals surface area contributed by atoms with Crippen LogP contribution in [-0.4, -0.2) is 22.7 Å². The quantitative estimate of drug-likeness (QED) is 0.473. The molecule has 0 aliphatic heterocycles. The number of hydrogen-bond donors (Lipinski definition) is 1. The summed E-state index contributed by atoms with van der Waals surface area (Å²) in [6.45, 7) is 0.133. The number of halogens is 3. The Morgan fingerprint density at radius 3 is 2.82 bits per heavy atom. The molecule has 0 spiro atoms. The van der Waals surface area contributed by atoms with E-state index in [1.54, 1.807) is 23.7 Å². The lowest BCUT2D eigenvalue weighted by Crippen LogP contribution is -2.13. The number of carbonyl (C=O) groups is 1. The highest BCUT2D eigenvalue weighted by Crippen LogP contribution is 2.35. The van der Waals surface area contributed by atoms with Crippen molar-refractivity contribution in [2.45, 2.75) is 22.1 Å². The van der Waals surface area contributed by atoms with Gasteiger partial charge in [0.2, 0.25) is 5.91 Å². The highest BCUT2D eigenvalue weighted by molar-refractivity contribution is 8.01. The van der Waals surface area contributed by atoms with Crippen molar-refractivity contribution in [3.05, 3.63) is 58.6 Å². The maximum atomic E-state index is 13.4. The molecule has 0 aliphatic carbocycles. The van der Waals surface area contributed by atoms with Crippen LogP contribution in [0.3, 0.4) is 0 Å². The number of amides is 1. The summed E-state index contributed by atoms with van der Waals surface area (Å²) in [5.41, 5.74) is 2.21. The molecule has 3 rings (SSSR count). The first-order valence-electron chi connectivity index (χ1n) is 8.12. The Balaban J connectivity index is 1.44. The van der Waals surface area contributed by atoms with E-state index in [0.717, 1.165) is 21.4 Å². The van der Waals surface area contributed by atoms with Crippen LogP contribution >= 0.6 is 34.7 Å². The second-order valence-electron chi connectivity index (χ2n) is 5.53. The summed E-state index contributed by atoms with van der Waals surface area (Å²) >= 11 is 9.06. The molecule has 0 fully saturated rings. The third kappa shape index (κ3) is 5.88. The van der Waals surface area contributed by atoms with Crippen molar-refractivity contribution >= 4 is 46.3 Å². The highest BCUT2D eigenvalue weighted by Gasteiger charge is 2.09. The Bertz CT molecular complexity index is 958. The van der Waals surface area contributed by atoms with Gasteiger partial charge in [-0.05, 0) is 36.8 Å².